The van der Waals surface area contributed by atoms with Crippen LogP contribution in [0.2, 0.25) is 0 Å². The fourth-order valence-corrected chi connectivity index (χ4v) is 1.25. The molecule has 0 heterocycles. The maximum absolute atomic E-state index is 11.2. The summed E-state index contributed by atoms with van der Waals surface area (Å²) in [5.74, 6) is -3.65. The smallest absolute Gasteiger partial charge is 0.414 e. The molecule has 1 rings (SSSR count). The molecule has 1 saturated carbocycles. The fourth-order valence-electron chi connectivity index (χ4n) is 1.25. The average Bonchev–Trinajstić information content (AvgIpc) is 2.12. The maximum Gasteiger partial charge on any atom is 0.414 e. The summed E-state index contributed by atoms with van der Waals surface area (Å²) in [7, 11) is 0. The molecule has 0 unspecified atom stereocenters. The van der Waals surface area contributed by atoms with Crippen LogP contribution in [0.25, 0.3) is 0 Å². The number of alkyl carbamates (subject to hydrolysis) is 1. The Balaban J connectivity index is 0.000000459. The van der Waals surface area contributed by atoms with E-state index in [1.165, 1.54) is 0 Å². The third-order valence-corrected chi connectivity index (χ3v) is 2.08. The molecule has 0 spiro atoms. The van der Waals surface area contributed by atoms with Gasteiger partial charge in [0.05, 0.1) is 0 Å². The lowest BCUT2D eigenvalue weighted by molar-refractivity contribution is -0.159. The van der Waals surface area contributed by atoms with Crippen LogP contribution in [0.1, 0.15) is 33.6 Å². The highest BCUT2D eigenvalue weighted by molar-refractivity contribution is 6.27. The van der Waals surface area contributed by atoms with Gasteiger partial charge in [-0.15, -0.1) is 0 Å². The van der Waals surface area contributed by atoms with Crippen LogP contribution in [-0.2, 0) is 14.3 Å². The predicted molar refractivity (Wildman–Crippen MR) is 65.6 cm³/mol. The number of aliphatic carboxylic acids is 2. The van der Waals surface area contributed by atoms with Gasteiger partial charge in [-0.05, 0) is 33.6 Å². The molecular weight excluding hydrogens is 256 g/mol. The van der Waals surface area contributed by atoms with Crippen LogP contribution < -0.4 is 11.1 Å². The van der Waals surface area contributed by atoms with Gasteiger partial charge >= 0.3 is 18.0 Å². The highest BCUT2D eigenvalue weighted by Gasteiger charge is 2.28. The van der Waals surface area contributed by atoms with Crippen LogP contribution >= 0.6 is 0 Å². The van der Waals surface area contributed by atoms with Crippen molar-refractivity contribution in [2.24, 2.45) is 5.73 Å². The van der Waals surface area contributed by atoms with E-state index in [1.807, 2.05) is 20.8 Å². The topological polar surface area (TPSA) is 139 Å². The number of nitrogens with one attached hydrogen (secondary N) is 1. The number of ether oxygens (including phenoxy) is 1. The Morgan fingerprint density at radius 2 is 1.58 bits per heavy atom. The molecule has 0 aliphatic heterocycles. The summed E-state index contributed by atoms with van der Waals surface area (Å²) in [5.41, 5.74) is 5.16. The van der Waals surface area contributed by atoms with Crippen LogP contribution in [0.15, 0.2) is 0 Å². The lowest BCUT2D eigenvalue weighted by Gasteiger charge is -2.33. The zero-order chi connectivity index (χ0) is 15.2. The number of amides is 1. The van der Waals surface area contributed by atoms with E-state index in [0.29, 0.717) is 0 Å². The summed E-state index contributed by atoms with van der Waals surface area (Å²) in [6.07, 6.45) is 1.38. The number of hydrogen-bond donors (Lipinski definition) is 4. The Hall–Kier alpha value is -1.83. The standard InChI is InChI=1S/C9H18N2O2.C2H2O4/c1-9(2,3)13-8(12)11-7-4-6(10)5-7;3-1(4)2(5)6/h6-7H,4-5,10H2,1-3H3,(H,11,12);(H,3,4)(H,5,6). The van der Waals surface area contributed by atoms with E-state index in [1.54, 1.807) is 0 Å². The van der Waals surface area contributed by atoms with E-state index in [2.05, 4.69) is 5.32 Å². The molecule has 8 nitrogen and oxygen atoms in total. The Morgan fingerprint density at radius 1 is 1.16 bits per heavy atom. The van der Waals surface area contributed by atoms with Crippen LogP contribution in [0, 0.1) is 0 Å². The average molecular weight is 276 g/mol. The summed E-state index contributed by atoms with van der Waals surface area (Å²) < 4.78 is 5.09. The third kappa shape index (κ3) is 8.83. The number of carboxylic acids is 2. The van der Waals surface area contributed by atoms with E-state index in [-0.39, 0.29) is 18.2 Å². The van der Waals surface area contributed by atoms with Crippen LogP contribution in [0.5, 0.6) is 0 Å². The Kier molecular flexibility index (Phi) is 6.26. The first-order chi connectivity index (χ1) is 8.51. The van der Waals surface area contributed by atoms with Crippen molar-refractivity contribution in [3.05, 3.63) is 0 Å². The van der Waals surface area contributed by atoms with E-state index in [9.17, 15) is 4.79 Å². The predicted octanol–water partition coefficient (Wildman–Crippen LogP) is 0.156. The van der Waals surface area contributed by atoms with E-state index < -0.39 is 17.5 Å². The molecule has 0 atom stereocenters. The van der Waals surface area contributed by atoms with Gasteiger partial charge in [-0.25, -0.2) is 14.4 Å². The number of rotatable bonds is 1. The van der Waals surface area contributed by atoms with Gasteiger partial charge in [0, 0.05) is 12.1 Å². The van der Waals surface area contributed by atoms with Gasteiger partial charge in [0.2, 0.25) is 0 Å². The fraction of sp³-hybridized carbons (Fsp3) is 0.727. The molecule has 1 fully saturated rings. The number of carbonyl (C=O) groups excluding carboxylic acids is 1. The quantitative estimate of drug-likeness (QED) is 0.500. The molecule has 0 radical (unpaired) electrons. The minimum atomic E-state index is -1.82. The number of carboxylic acid groups (broad SMARTS) is 2. The van der Waals surface area contributed by atoms with Crippen molar-refractivity contribution in [1.82, 2.24) is 5.32 Å². The first-order valence-electron chi connectivity index (χ1n) is 5.72. The molecule has 19 heavy (non-hydrogen) atoms. The molecule has 1 amide bonds. The largest absolute Gasteiger partial charge is 0.473 e. The zero-order valence-corrected chi connectivity index (χ0v) is 11.2. The summed E-state index contributed by atoms with van der Waals surface area (Å²) >= 11 is 0. The second kappa shape index (κ2) is 6.93. The third-order valence-electron chi connectivity index (χ3n) is 2.08. The van der Waals surface area contributed by atoms with Gasteiger partial charge in [-0.3, -0.25) is 0 Å². The molecule has 1 aliphatic rings. The normalized spacial score (nSPS) is 21.3. The lowest BCUT2D eigenvalue weighted by Crippen LogP contribution is -2.51. The van der Waals surface area contributed by atoms with Crippen LogP contribution in [-0.4, -0.2) is 45.9 Å². The maximum atomic E-state index is 11.2. The van der Waals surface area contributed by atoms with E-state index >= 15 is 0 Å². The van der Waals surface area contributed by atoms with Crippen molar-refractivity contribution < 1.29 is 29.3 Å². The van der Waals surface area contributed by atoms with Crippen molar-refractivity contribution in [1.29, 1.82) is 0 Å². The molecule has 8 heteroatoms. The first kappa shape index (κ1) is 17.2. The van der Waals surface area contributed by atoms with Gasteiger partial charge in [0.15, 0.2) is 0 Å². The molecule has 1 aliphatic carbocycles. The molecule has 0 aromatic rings. The minimum absolute atomic E-state index is 0.213. The van der Waals surface area contributed by atoms with E-state index in [0.717, 1.165) is 12.8 Å². The van der Waals surface area contributed by atoms with Crippen molar-refractivity contribution in [3.8, 4) is 0 Å². The number of nitrogens with two attached hydrogens (primary N) is 1. The van der Waals surface area contributed by atoms with Crippen molar-refractivity contribution in [2.75, 3.05) is 0 Å². The second-order valence-corrected chi connectivity index (χ2v) is 5.18. The highest BCUT2D eigenvalue weighted by atomic mass is 16.6. The highest BCUT2D eigenvalue weighted by Crippen LogP contribution is 2.18. The second-order valence-electron chi connectivity index (χ2n) is 5.18. The summed E-state index contributed by atoms with van der Waals surface area (Å²) in [5, 5.41) is 17.5. The summed E-state index contributed by atoms with van der Waals surface area (Å²) in [6, 6.07) is 0.463. The number of carbonyl (C=O) groups is 3. The van der Waals surface area contributed by atoms with Gasteiger partial charge < -0.3 is 26.0 Å². The van der Waals surface area contributed by atoms with Gasteiger partial charge in [0.25, 0.3) is 0 Å². The summed E-state index contributed by atoms with van der Waals surface area (Å²) in [6.45, 7) is 5.54. The Morgan fingerprint density at radius 3 is 1.84 bits per heavy atom. The molecular formula is C11H20N2O6. The van der Waals surface area contributed by atoms with Crippen molar-refractivity contribution in [2.45, 2.75) is 51.3 Å². The molecule has 110 valence electrons. The van der Waals surface area contributed by atoms with Gasteiger partial charge in [-0.2, -0.15) is 0 Å². The molecule has 5 N–H and O–H groups in total. The van der Waals surface area contributed by atoms with Crippen LogP contribution in [0.3, 0.4) is 0 Å². The Bertz CT molecular complexity index is 332. The van der Waals surface area contributed by atoms with E-state index in [4.69, 9.17) is 30.3 Å². The van der Waals surface area contributed by atoms with Crippen molar-refractivity contribution in [3.63, 3.8) is 0 Å². The van der Waals surface area contributed by atoms with Gasteiger partial charge in [0.1, 0.15) is 5.60 Å². The molecule has 0 bridgehead atoms. The van der Waals surface area contributed by atoms with Crippen molar-refractivity contribution >= 4 is 18.0 Å². The molecule has 0 aromatic heterocycles. The first-order valence-corrected chi connectivity index (χ1v) is 5.72. The molecule has 0 saturated heterocycles. The SMILES string of the molecule is CC(C)(C)OC(=O)NC1CC(N)C1.O=C(O)C(=O)O. The zero-order valence-electron chi connectivity index (χ0n) is 11.2. The van der Waals surface area contributed by atoms with Crippen LogP contribution in [0.4, 0.5) is 4.79 Å². The molecule has 0 aromatic carbocycles. The Labute approximate surface area is 110 Å². The minimum Gasteiger partial charge on any atom is -0.473 e. The van der Waals surface area contributed by atoms with Gasteiger partial charge in [-0.1, -0.05) is 0 Å². The summed E-state index contributed by atoms with van der Waals surface area (Å²) in [4.78, 5) is 29.4. The lowest BCUT2D eigenvalue weighted by atomic mass is 9.88. The monoisotopic (exact) mass is 276 g/mol. The number of hydrogen-bond acceptors (Lipinski definition) is 5.